The average Bonchev–Trinajstić information content (AvgIpc) is 2.82. The summed E-state index contributed by atoms with van der Waals surface area (Å²) in [5.74, 6) is 0.901. The molecule has 1 aliphatic rings. The predicted molar refractivity (Wildman–Crippen MR) is 60.6 cm³/mol. The molecule has 0 saturated carbocycles. The number of fused-ring (bicyclic) bond motifs is 1. The first-order valence-electron chi connectivity index (χ1n) is 5.41. The maximum absolute atomic E-state index is 11.6. The van der Waals surface area contributed by atoms with Gasteiger partial charge in [-0.1, -0.05) is 4.68 Å². The summed E-state index contributed by atoms with van der Waals surface area (Å²) in [5.41, 5.74) is 1.06. The molecule has 0 unspecified atom stereocenters. The zero-order chi connectivity index (χ0) is 12.0. The van der Waals surface area contributed by atoms with Gasteiger partial charge in [0.05, 0.1) is 27.2 Å². The van der Waals surface area contributed by atoms with E-state index in [1.165, 1.54) is 0 Å². The Morgan fingerprint density at radius 3 is 3.00 bits per heavy atom. The molecule has 0 radical (unpaired) electrons. The minimum atomic E-state index is 0.341. The van der Waals surface area contributed by atoms with Crippen LogP contribution in [0.15, 0.2) is 18.3 Å². The molecular formula is C10H13N6O+. The summed E-state index contributed by atoms with van der Waals surface area (Å²) in [7, 11) is 3.97. The quantitative estimate of drug-likeness (QED) is 0.426. The lowest BCUT2D eigenvalue weighted by Gasteiger charge is -2.04. The first-order chi connectivity index (χ1) is 8.18. The van der Waals surface area contributed by atoms with Crippen LogP contribution in [0.3, 0.4) is 0 Å². The molecule has 0 fully saturated rings. The first kappa shape index (κ1) is 10.0. The van der Waals surface area contributed by atoms with Crippen LogP contribution >= 0.6 is 0 Å². The molecular weight excluding hydrogens is 220 g/mol. The number of hydrogen-bond donors (Lipinski definition) is 0. The zero-order valence-electron chi connectivity index (χ0n) is 9.74. The summed E-state index contributed by atoms with van der Waals surface area (Å²) in [6.45, 7) is 1.85. The second-order valence-corrected chi connectivity index (χ2v) is 4.16. The standard InChI is InChI=1S/C10H13N6O/c1-13-6-7-14(2)10(13)15-8-4-3-5-11-9(8)16(17)12-15/h3-5H,6-7H2,1-2H3/q+1. The number of pyridine rings is 1. The van der Waals surface area contributed by atoms with Gasteiger partial charge in [0.2, 0.25) is 5.52 Å². The summed E-state index contributed by atoms with van der Waals surface area (Å²) in [5, 5.41) is 15.6. The van der Waals surface area contributed by atoms with Gasteiger partial charge in [-0.15, -0.1) is 9.83 Å². The molecule has 17 heavy (non-hydrogen) atoms. The third-order valence-electron chi connectivity index (χ3n) is 2.99. The molecule has 0 aliphatic carbocycles. The molecule has 88 valence electrons. The zero-order valence-corrected chi connectivity index (χ0v) is 9.74. The molecule has 2 aromatic rings. The molecule has 0 spiro atoms. The number of likely N-dealkylation sites (N-methyl/N-ethyl adjacent to an activating group) is 2. The minimum Gasteiger partial charge on any atom is -0.721 e. The van der Waals surface area contributed by atoms with E-state index in [9.17, 15) is 5.21 Å². The van der Waals surface area contributed by atoms with E-state index >= 15 is 0 Å². The Balaban J connectivity index is 2.28. The Hall–Kier alpha value is -2.18. The van der Waals surface area contributed by atoms with Crippen molar-refractivity contribution in [2.45, 2.75) is 0 Å². The van der Waals surface area contributed by atoms with Crippen molar-refractivity contribution in [3.05, 3.63) is 23.5 Å². The average molecular weight is 233 g/mol. The van der Waals surface area contributed by atoms with Gasteiger partial charge in [-0.2, -0.15) is 0 Å². The molecule has 1 aliphatic heterocycles. The molecule has 7 nitrogen and oxygen atoms in total. The Morgan fingerprint density at radius 1 is 1.47 bits per heavy atom. The van der Waals surface area contributed by atoms with Crippen LogP contribution in [0.25, 0.3) is 11.2 Å². The van der Waals surface area contributed by atoms with Crippen molar-refractivity contribution in [3.63, 3.8) is 0 Å². The lowest BCUT2D eigenvalue weighted by atomic mass is 10.4. The molecule has 3 heterocycles. The largest absolute Gasteiger partial charge is 0.721 e. The topological polar surface area (TPSA) is 63.9 Å². The van der Waals surface area contributed by atoms with Crippen LogP contribution in [0.5, 0.6) is 0 Å². The summed E-state index contributed by atoms with van der Waals surface area (Å²) < 4.78 is 3.71. The summed E-state index contributed by atoms with van der Waals surface area (Å²) >= 11 is 0. The van der Waals surface area contributed by atoms with Gasteiger partial charge in [-0.25, -0.2) is 0 Å². The molecule has 3 rings (SSSR count). The summed E-state index contributed by atoms with van der Waals surface area (Å²) in [6, 6.07) is 3.65. The molecule has 7 heteroatoms. The van der Waals surface area contributed by atoms with Gasteiger partial charge in [0.25, 0.3) is 0 Å². The van der Waals surface area contributed by atoms with Gasteiger partial charge in [0.1, 0.15) is 6.20 Å². The molecule has 0 bridgehead atoms. The van der Waals surface area contributed by atoms with Crippen LogP contribution in [-0.4, -0.2) is 57.5 Å². The van der Waals surface area contributed by atoms with E-state index in [-0.39, 0.29) is 0 Å². The van der Waals surface area contributed by atoms with Gasteiger partial charge >= 0.3 is 11.6 Å². The first-order valence-corrected chi connectivity index (χ1v) is 5.41. The van der Waals surface area contributed by atoms with Gasteiger partial charge < -0.3 is 5.21 Å². The fourth-order valence-corrected chi connectivity index (χ4v) is 2.14. The third kappa shape index (κ3) is 1.35. The Bertz CT molecular complexity index is 616. The molecule has 2 aromatic heterocycles. The van der Waals surface area contributed by atoms with Gasteiger partial charge in [0.15, 0.2) is 0 Å². The van der Waals surface area contributed by atoms with E-state index in [0.717, 1.165) is 24.6 Å². The maximum atomic E-state index is 11.6. The van der Waals surface area contributed by atoms with Crippen LogP contribution in [0, 0.1) is 5.21 Å². The van der Waals surface area contributed by atoms with Crippen LogP contribution < -0.4 is 4.85 Å². The van der Waals surface area contributed by atoms with E-state index in [4.69, 9.17) is 0 Å². The summed E-state index contributed by atoms with van der Waals surface area (Å²) in [4.78, 5) is 6.67. The van der Waals surface area contributed by atoms with E-state index in [1.54, 1.807) is 16.9 Å². The summed E-state index contributed by atoms with van der Waals surface area (Å²) in [6.07, 6.45) is 1.59. The highest BCUT2D eigenvalue weighted by molar-refractivity contribution is 5.85. The molecule has 0 amide bonds. The second kappa shape index (κ2) is 3.41. The fraction of sp³-hybridized carbons (Fsp3) is 0.400. The van der Waals surface area contributed by atoms with Crippen molar-refractivity contribution < 1.29 is 9.42 Å². The number of hydrogen-bond acceptors (Lipinski definition) is 4. The van der Waals surface area contributed by atoms with E-state index in [0.29, 0.717) is 10.5 Å². The molecule has 0 saturated heterocycles. The highest BCUT2D eigenvalue weighted by atomic mass is 16.5. The van der Waals surface area contributed by atoms with Crippen LogP contribution in [-0.2, 0) is 0 Å². The van der Waals surface area contributed by atoms with Crippen LogP contribution in [0.2, 0.25) is 0 Å². The van der Waals surface area contributed by atoms with E-state index < -0.39 is 0 Å². The van der Waals surface area contributed by atoms with E-state index in [1.807, 2.05) is 20.2 Å². The van der Waals surface area contributed by atoms with Crippen molar-refractivity contribution in [1.82, 2.24) is 19.8 Å². The second-order valence-electron chi connectivity index (χ2n) is 4.16. The minimum absolute atomic E-state index is 0.341. The van der Waals surface area contributed by atoms with Crippen molar-refractivity contribution >= 4 is 17.1 Å². The van der Waals surface area contributed by atoms with Crippen molar-refractivity contribution in [2.75, 3.05) is 27.2 Å². The molecule has 0 aromatic carbocycles. The Labute approximate surface area is 97.8 Å². The Morgan fingerprint density at radius 2 is 2.29 bits per heavy atom. The van der Waals surface area contributed by atoms with Gasteiger partial charge in [-0.05, 0) is 12.1 Å². The Kier molecular flexibility index (Phi) is 2.01. The molecule has 0 atom stereocenters. The van der Waals surface area contributed by atoms with Crippen molar-refractivity contribution in [2.24, 2.45) is 0 Å². The lowest BCUT2D eigenvalue weighted by Crippen LogP contribution is -2.37. The number of nitrogens with zero attached hydrogens (tertiary/aromatic N) is 6. The van der Waals surface area contributed by atoms with Gasteiger partial charge in [0, 0.05) is 5.21 Å². The van der Waals surface area contributed by atoms with Crippen molar-refractivity contribution in [3.8, 4) is 0 Å². The van der Waals surface area contributed by atoms with E-state index in [2.05, 4.69) is 19.7 Å². The lowest BCUT2D eigenvalue weighted by molar-refractivity contribution is -0.647. The van der Waals surface area contributed by atoms with Gasteiger partial charge in [-0.3, -0.25) is 9.48 Å². The highest BCUT2D eigenvalue weighted by Crippen LogP contribution is 2.08. The normalized spacial score (nSPS) is 16.2. The number of rotatable bonds is 0. The third-order valence-corrected chi connectivity index (χ3v) is 2.99. The smallest absolute Gasteiger partial charge is 0.382 e. The maximum Gasteiger partial charge on any atom is 0.382 e. The number of aromatic nitrogens is 4. The van der Waals surface area contributed by atoms with Crippen LogP contribution in [0.4, 0.5) is 0 Å². The van der Waals surface area contributed by atoms with Crippen molar-refractivity contribution in [1.29, 1.82) is 0 Å². The van der Waals surface area contributed by atoms with Crippen LogP contribution in [0.1, 0.15) is 0 Å². The highest BCUT2D eigenvalue weighted by Gasteiger charge is 2.31. The molecule has 0 N–H and O–H groups in total. The SMILES string of the molecule is CN1CC[N+](C)=C1n1n[n+]([O-])c2ncccc21. The fourth-order valence-electron chi connectivity index (χ4n) is 2.14. The monoisotopic (exact) mass is 233 g/mol. The predicted octanol–water partition coefficient (Wildman–Crippen LogP) is -1.14.